The van der Waals surface area contributed by atoms with E-state index in [4.69, 9.17) is 14.2 Å². The Bertz CT molecular complexity index is 754. The van der Waals surface area contributed by atoms with Crippen LogP contribution >= 0.6 is 15.9 Å². The van der Waals surface area contributed by atoms with E-state index in [9.17, 15) is 9.59 Å². The van der Waals surface area contributed by atoms with Crippen molar-refractivity contribution < 1.29 is 23.8 Å². The van der Waals surface area contributed by atoms with E-state index in [-0.39, 0.29) is 24.3 Å². The molecule has 0 N–H and O–H groups in total. The van der Waals surface area contributed by atoms with Crippen LogP contribution in [0.1, 0.15) is 37.7 Å². The molecule has 2 bridgehead atoms. The number of hydrogen-bond donors (Lipinski definition) is 0. The van der Waals surface area contributed by atoms with Crippen molar-refractivity contribution in [2.75, 3.05) is 6.61 Å². The van der Waals surface area contributed by atoms with Gasteiger partial charge in [0.15, 0.2) is 5.78 Å². The largest absolute Gasteiger partial charge is 0.466 e. The predicted octanol–water partition coefficient (Wildman–Crippen LogP) is 3.47. The van der Waals surface area contributed by atoms with Crippen LogP contribution in [0.15, 0.2) is 34.0 Å². The summed E-state index contributed by atoms with van der Waals surface area (Å²) in [6, 6.07) is 5.63. The second kappa shape index (κ2) is 5.92. The first-order valence-corrected chi connectivity index (χ1v) is 8.95. The van der Waals surface area contributed by atoms with Crippen molar-refractivity contribution in [3.63, 3.8) is 0 Å². The third-order valence-corrected chi connectivity index (χ3v) is 5.23. The van der Waals surface area contributed by atoms with Gasteiger partial charge in [-0.1, -0.05) is 15.9 Å². The zero-order valence-corrected chi connectivity index (χ0v) is 14.8. The Morgan fingerprint density at radius 1 is 1.33 bits per heavy atom. The molecule has 1 aromatic rings. The van der Waals surface area contributed by atoms with Crippen molar-refractivity contribution in [3.8, 4) is 5.75 Å². The summed E-state index contributed by atoms with van der Waals surface area (Å²) in [6.45, 7) is 2.04. The van der Waals surface area contributed by atoms with E-state index in [1.165, 1.54) is 0 Å². The third-order valence-electron chi connectivity index (χ3n) is 4.74. The maximum absolute atomic E-state index is 12.6. The van der Waals surface area contributed by atoms with Crippen LogP contribution in [0.25, 0.3) is 0 Å². The van der Waals surface area contributed by atoms with E-state index in [1.807, 2.05) is 18.2 Å². The van der Waals surface area contributed by atoms with Crippen LogP contribution in [-0.2, 0) is 19.1 Å². The van der Waals surface area contributed by atoms with Gasteiger partial charge in [-0.2, -0.15) is 0 Å². The van der Waals surface area contributed by atoms with E-state index in [0.29, 0.717) is 29.9 Å². The number of allylic oxidation sites excluding steroid dienone is 2. The van der Waals surface area contributed by atoms with Gasteiger partial charge in [0.25, 0.3) is 6.29 Å². The molecule has 24 heavy (non-hydrogen) atoms. The summed E-state index contributed by atoms with van der Waals surface area (Å²) < 4.78 is 18.0. The molecule has 0 saturated carbocycles. The SMILES string of the molecule is CCOC(=O)C1C2OC3=C(C(=O)CCC3)C1c1cc(Br)ccc1O2. The summed E-state index contributed by atoms with van der Waals surface area (Å²) in [6.07, 6.45) is 1.22. The average Bonchev–Trinajstić information content (AvgIpc) is 2.55. The Morgan fingerprint density at radius 3 is 2.96 bits per heavy atom. The fraction of sp³-hybridized carbons (Fsp3) is 0.444. The second-order valence-corrected chi connectivity index (χ2v) is 7.07. The lowest BCUT2D eigenvalue weighted by Crippen LogP contribution is -2.48. The lowest BCUT2D eigenvalue weighted by Gasteiger charge is -2.44. The van der Waals surface area contributed by atoms with Gasteiger partial charge < -0.3 is 14.2 Å². The summed E-state index contributed by atoms with van der Waals surface area (Å²) in [7, 11) is 0. The number of fused-ring (bicyclic) bond motifs is 5. The molecule has 3 aliphatic rings. The van der Waals surface area contributed by atoms with Crippen LogP contribution in [0.5, 0.6) is 5.75 Å². The molecule has 3 atom stereocenters. The standard InChI is InChI=1S/C18H17BrO5/c1-2-22-17(21)16-14-10-8-9(19)6-7-12(10)23-18(16)24-13-5-3-4-11(20)15(13)14/h6-8,14,16,18H,2-5H2,1H3. The average molecular weight is 393 g/mol. The molecule has 0 amide bonds. The molecule has 126 valence electrons. The van der Waals surface area contributed by atoms with Crippen LogP contribution in [0, 0.1) is 5.92 Å². The van der Waals surface area contributed by atoms with Crippen LogP contribution in [0.2, 0.25) is 0 Å². The van der Waals surface area contributed by atoms with Crippen molar-refractivity contribution in [2.24, 2.45) is 5.92 Å². The van der Waals surface area contributed by atoms with Gasteiger partial charge in [0.05, 0.1) is 6.61 Å². The molecule has 4 rings (SSSR count). The number of rotatable bonds is 2. The van der Waals surface area contributed by atoms with Gasteiger partial charge in [-0.15, -0.1) is 0 Å². The number of ether oxygens (including phenoxy) is 3. The van der Waals surface area contributed by atoms with Crippen molar-refractivity contribution in [1.29, 1.82) is 0 Å². The molecule has 0 radical (unpaired) electrons. The molecule has 2 heterocycles. The molecule has 2 aliphatic heterocycles. The molecule has 3 unspecified atom stereocenters. The molecule has 6 heteroatoms. The Balaban J connectivity index is 1.89. The number of halogens is 1. The topological polar surface area (TPSA) is 61.8 Å². The van der Waals surface area contributed by atoms with E-state index < -0.39 is 12.2 Å². The molecule has 0 aromatic heterocycles. The molecule has 1 aromatic carbocycles. The fourth-order valence-corrected chi connectivity index (χ4v) is 4.16. The zero-order chi connectivity index (χ0) is 16.8. The minimum atomic E-state index is -0.743. The van der Waals surface area contributed by atoms with Crippen LogP contribution in [-0.4, -0.2) is 24.6 Å². The van der Waals surface area contributed by atoms with E-state index in [1.54, 1.807) is 6.92 Å². The highest BCUT2D eigenvalue weighted by molar-refractivity contribution is 9.10. The van der Waals surface area contributed by atoms with Crippen molar-refractivity contribution >= 4 is 27.7 Å². The Hall–Kier alpha value is -1.82. The van der Waals surface area contributed by atoms with Gasteiger partial charge in [0, 0.05) is 34.4 Å². The Kier molecular flexibility index (Phi) is 3.87. The van der Waals surface area contributed by atoms with Gasteiger partial charge in [-0.05, 0) is 31.5 Å². The summed E-state index contributed by atoms with van der Waals surface area (Å²) in [5.41, 5.74) is 1.46. The van der Waals surface area contributed by atoms with E-state index in [0.717, 1.165) is 16.5 Å². The summed E-state index contributed by atoms with van der Waals surface area (Å²) in [5.74, 6) is -0.0321. The number of esters is 1. The number of carbonyl (C=O) groups excluding carboxylic acids is 2. The molecular weight excluding hydrogens is 376 g/mol. The molecule has 1 aliphatic carbocycles. The first kappa shape index (κ1) is 15.7. The van der Waals surface area contributed by atoms with E-state index in [2.05, 4.69) is 15.9 Å². The van der Waals surface area contributed by atoms with Crippen molar-refractivity contribution in [1.82, 2.24) is 0 Å². The normalized spacial score (nSPS) is 27.6. The summed E-state index contributed by atoms with van der Waals surface area (Å²) in [4.78, 5) is 25.2. The lowest BCUT2D eigenvalue weighted by molar-refractivity contribution is -0.173. The highest BCUT2D eigenvalue weighted by Crippen LogP contribution is 2.52. The van der Waals surface area contributed by atoms with Gasteiger partial charge >= 0.3 is 5.97 Å². The maximum Gasteiger partial charge on any atom is 0.317 e. The number of Topliss-reactive ketones (excluding diaryl/α,β-unsaturated/α-hetero) is 1. The summed E-state index contributed by atoms with van der Waals surface area (Å²) in [5, 5.41) is 0. The maximum atomic E-state index is 12.6. The minimum absolute atomic E-state index is 0.0572. The highest BCUT2D eigenvalue weighted by atomic mass is 79.9. The molecule has 0 spiro atoms. The second-order valence-electron chi connectivity index (χ2n) is 6.16. The number of benzene rings is 1. The molecule has 0 fully saturated rings. The van der Waals surface area contributed by atoms with Crippen molar-refractivity contribution in [2.45, 2.75) is 38.4 Å². The molecular formula is C18H17BrO5. The number of carbonyl (C=O) groups is 2. The Morgan fingerprint density at radius 2 is 2.17 bits per heavy atom. The molecule has 5 nitrogen and oxygen atoms in total. The monoisotopic (exact) mass is 392 g/mol. The minimum Gasteiger partial charge on any atom is -0.466 e. The van der Waals surface area contributed by atoms with E-state index >= 15 is 0 Å². The van der Waals surface area contributed by atoms with Gasteiger partial charge in [-0.25, -0.2) is 0 Å². The quantitative estimate of drug-likeness (QED) is 0.721. The zero-order valence-electron chi connectivity index (χ0n) is 13.2. The van der Waals surface area contributed by atoms with Crippen LogP contribution < -0.4 is 4.74 Å². The highest BCUT2D eigenvalue weighted by Gasteiger charge is 2.53. The third kappa shape index (κ3) is 2.35. The van der Waals surface area contributed by atoms with Crippen LogP contribution in [0.4, 0.5) is 0 Å². The number of ketones is 1. The fourth-order valence-electron chi connectivity index (χ4n) is 3.78. The molecule has 0 saturated heterocycles. The van der Waals surface area contributed by atoms with Crippen LogP contribution in [0.3, 0.4) is 0 Å². The first-order valence-electron chi connectivity index (χ1n) is 8.15. The van der Waals surface area contributed by atoms with Crippen molar-refractivity contribution in [3.05, 3.63) is 39.6 Å². The Labute approximate surface area is 148 Å². The smallest absolute Gasteiger partial charge is 0.317 e. The lowest BCUT2D eigenvalue weighted by atomic mass is 9.72. The predicted molar refractivity (Wildman–Crippen MR) is 88.4 cm³/mol. The van der Waals surface area contributed by atoms with Gasteiger partial charge in [-0.3, -0.25) is 9.59 Å². The van der Waals surface area contributed by atoms with Gasteiger partial charge in [0.1, 0.15) is 17.4 Å². The summed E-state index contributed by atoms with van der Waals surface area (Å²) >= 11 is 3.47. The number of hydrogen-bond acceptors (Lipinski definition) is 5. The first-order chi connectivity index (χ1) is 11.6. The van der Waals surface area contributed by atoms with Gasteiger partial charge in [0.2, 0.25) is 0 Å².